The van der Waals surface area contributed by atoms with Gasteiger partial charge in [0.2, 0.25) is 0 Å². The molecule has 0 spiro atoms. The van der Waals surface area contributed by atoms with Gasteiger partial charge in [0.25, 0.3) is 0 Å². The zero-order valence-corrected chi connectivity index (χ0v) is 30.2. The Kier molecular flexibility index (Phi) is 7.79. The zero-order chi connectivity index (χ0) is 34.6. The molecule has 0 radical (unpaired) electrons. The van der Waals surface area contributed by atoms with Gasteiger partial charge in [-0.2, -0.15) is 0 Å². The van der Waals surface area contributed by atoms with E-state index in [-0.39, 0.29) is 41.5 Å². The first kappa shape index (κ1) is 33.7. The molecule has 4 fully saturated rings. The predicted octanol–water partition coefficient (Wildman–Crippen LogP) is 7.80. The van der Waals surface area contributed by atoms with Crippen molar-refractivity contribution in [2.45, 2.75) is 123 Å². The summed E-state index contributed by atoms with van der Waals surface area (Å²) in [6.45, 7) is 19.5. The van der Waals surface area contributed by atoms with E-state index < -0.39 is 52.0 Å². The van der Waals surface area contributed by atoms with Gasteiger partial charge in [0, 0.05) is 40.4 Å². The van der Waals surface area contributed by atoms with E-state index in [1.54, 1.807) is 0 Å². The van der Waals surface area contributed by atoms with Gasteiger partial charge in [-0.3, -0.25) is 4.79 Å². The maximum absolute atomic E-state index is 15.2. The second kappa shape index (κ2) is 11.1. The molecule has 2 saturated carbocycles. The Labute approximate surface area is 286 Å². The van der Waals surface area contributed by atoms with Crippen LogP contribution in [-0.2, 0) is 23.8 Å². The average molecular weight is 655 g/mol. The Morgan fingerprint density at radius 2 is 1.50 bits per heavy atom. The molecule has 48 heavy (non-hydrogen) atoms. The molecule has 2 aromatic carbocycles. The van der Waals surface area contributed by atoms with Crippen LogP contribution in [0.15, 0.2) is 71.8 Å². The van der Waals surface area contributed by atoms with Crippen LogP contribution < -0.4 is 0 Å². The molecule has 2 aromatic rings. The lowest BCUT2D eigenvalue weighted by molar-refractivity contribution is -0.283. The summed E-state index contributed by atoms with van der Waals surface area (Å²) >= 11 is 0. The van der Waals surface area contributed by atoms with Crippen molar-refractivity contribution in [3.63, 3.8) is 0 Å². The Hall–Kier alpha value is -2.80. The van der Waals surface area contributed by atoms with Gasteiger partial charge < -0.3 is 19.3 Å². The van der Waals surface area contributed by atoms with Crippen LogP contribution in [0.25, 0.3) is 0 Å². The van der Waals surface area contributed by atoms with Crippen molar-refractivity contribution in [2.75, 3.05) is 6.61 Å². The molecule has 1 N–H and O–H groups in total. The highest BCUT2D eigenvalue weighted by Gasteiger charge is 2.73. The number of carbonyl (C=O) groups excluding carboxylic acids is 2. The maximum atomic E-state index is 15.2. The van der Waals surface area contributed by atoms with E-state index >= 15 is 4.79 Å². The third kappa shape index (κ3) is 4.61. The molecule has 7 rings (SSSR count). The number of rotatable bonds is 4. The summed E-state index contributed by atoms with van der Waals surface area (Å²) in [6.07, 6.45) is 0.300. The lowest BCUT2D eigenvalue weighted by Crippen LogP contribution is -2.72. The fourth-order valence-corrected chi connectivity index (χ4v) is 11.4. The van der Waals surface area contributed by atoms with Gasteiger partial charge in [0.15, 0.2) is 6.10 Å². The highest BCUT2D eigenvalue weighted by atomic mass is 16.6. The topological polar surface area (TPSA) is 82.1 Å². The number of carbonyl (C=O) groups is 2. The van der Waals surface area contributed by atoms with Gasteiger partial charge in [0.1, 0.15) is 11.9 Å². The van der Waals surface area contributed by atoms with Gasteiger partial charge in [-0.15, -0.1) is 0 Å². The highest BCUT2D eigenvalue weighted by molar-refractivity contribution is 5.91. The van der Waals surface area contributed by atoms with E-state index in [1.165, 1.54) is 0 Å². The minimum Gasteiger partial charge on any atom is -0.456 e. The minimum absolute atomic E-state index is 0.0257. The molecule has 3 aliphatic carbocycles. The highest BCUT2D eigenvalue weighted by Crippen LogP contribution is 2.71. The molecule has 6 nitrogen and oxygen atoms in total. The minimum atomic E-state index is -1.34. The maximum Gasteiger partial charge on any atom is 0.336 e. The smallest absolute Gasteiger partial charge is 0.336 e. The average Bonchev–Trinajstić information content (AvgIpc) is 3.38. The summed E-state index contributed by atoms with van der Waals surface area (Å²) in [5.74, 6) is -1.33. The fourth-order valence-electron chi connectivity index (χ4n) is 11.4. The van der Waals surface area contributed by atoms with Crippen LogP contribution >= 0.6 is 0 Å². The van der Waals surface area contributed by atoms with Gasteiger partial charge in [0.05, 0.1) is 23.9 Å². The first-order valence-electron chi connectivity index (χ1n) is 18.0. The second-order valence-corrected chi connectivity index (χ2v) is 17.5. The van der Waals surface area contributed by atoms with Crippen molar-refractivity contribution < 1.29 is 28.9 Å². The quantitative estimate of drug-likeness (QED) is 0.268. The van der Waals surface area contributed by atoms with Crippen molar-refractivity contribution in [3.05, 3.63) is 82.9 Å². The number of ketones is 1. The van der Waals surface area contributed by atoms with Gasteiger partial charge in [-0.1, -0.05) is 102 Å². The van der Waals surface area contributed by atoms with E-state index in [2.05, 4.69) is 46.8 Å². The molecular formula is C42H54O6. The molecule has 258 valence electrons. The van der Waals surface area contributed by atoms with Crippen molar-refractivity contribution in [3.8, 4) is 0 Å². The number of aliphatic hydroxyl groups is 1. The number of ether oxygens (including phenoxy) is 3. The number of esters is 1. The van der Waals surface area contributed by atoms with Crippen LogP contribution in [0.1, 0.15) is 105 Å². The van der Waals surface area contributed by atoms with Crippen molar-refractivity contribution >= 4 is 11.8 Å². The molecule has 6 heteroatoms. The van der Waals surface area contributed by atoms with Crippen molar-refractivity contribution in [1.82, 2.24) is 0 Å². The van der Waals surface area contributed by atoms with Crippen molar-refractivity contribution in [1.29, 1.82) is 0 Å². The molecule has 2 aliphatic heterocycles. The summed E-state index contributed by atoms with van der Waals surface area (Å²) in [5.41, 5.74) is 0.229. The summed E-state index contributed by atoms with van der Waals surface area (Å²) in [5, 5.41) is 13.7. The first-order valence-corrected chi connectivity index (χ1v) is 18.0. The van der Waals surface area contributed by atoms with E-state index in [4.69, 9.17) is 14.2 Å². The number of benzene rings is 2. The molecule has 0 amide bonds. The molecule has 0 aromatic heterocycles. The lowest BCUT2D eigenvalue weighted by Gasteiger charge is -2.69. The molecule has 2 heterocycles. The monoisotopic (exact) mass is 654 g/mol. The zero-order valence-electron chi connectivity index (χ0n) is 30.2. The Bertz CT molecular complexity index is 1630. The standard InChI is InChI=1S/C42H54O6/c1-24-20-31-40(8,23-46-31)35-33(28-18-14-11-15-19-28)42(45)22-30(25(2)32(39(42,6)7)26(3)36(43)41(24,35)9)47-37(44)34-29(21-38(4,5)48-34)27-16-12-10-13-17-27/h10-19,24,26,29-31,33-35,45H,20-23H2,1-9H3/t24-,26+,29-,30-,31+,33-,34+,35?,40+,41+,42+/m0/s1. The van der Waals surface area contributed by atoms with E-state index in [0.717, 1.165) is 28.7 Å². The van der Waals surface area contributed by atoms with Crippen LogP contribution in [0.5, 0.6) is 0 Å². The normalized spacial score (nSPS) is 42.9. The van der Waals surface area contributed by atoms with E-state index in [1.807, 2.05) is 76.2 Å². The van der Waals surface area contributed by atoms with Gasteiger partial charge in [-0.25, -0.2) is 4.79 Å². The molecular weight excluding hydrogens is 600 g/mol. The Morgan fingerprint density at radius 1 is 0.896 bits per heavy atom. The molecule has 2 saturated heterocycles. The SMILES string of the molecule is CC1=C2[C@@H](C)C(=O)[C@@]3(C)C([C@H](c4ccccc4)[C@](O)(C[C@@H]1OC(=O)[C@@H]1OC(C)(C)C[C@H]1c1ccccc1)C2(C)C)[C@]1(C)CO[C@@H]1C[C@@H]3C. The van der Waals surface area contributed by atoms with Gasteiger partial charge >= 0.3 is 5.97 Å². The summed E-state index contributed by atoms with van der Waals surface area (Å²) < 4.78 is 19.2. The molecule has 2 bridgehead atoms. The van der Waals surface area contributed by atoms with Crippen LogP contribution in [0.2, 0.25) is 0 Å². The van der Waals surface area contributed by atoms with Gasteiger partial charge in [-0.05, 0) is 67.7 Å². The first-order chi connectivity index (χ1) is 22.5. The summed E-state index contributed by atoms with van der Waals surface area (Å²) in [4.78, 5) is 29.5. The van der Waals surface area contributed by atoms with Crippen LogP contribution in [0.3, 0.4) is 0 Å². The third-order valence-electron chi connectivity index (χ3n) is 14.0. The lowest BCUT2D eigenvalue weighted by atomic mass is 9.38. The number of Topliss-reactive ketones (excluding diaryl/α,β-unsaturated/α-hetero) is 1. The fraction of sp³-hybridized carbons (Fsp3) is 0.619. The number of hydrogen-bond donors (Lipinski definition) is 1. The molecule has 1 unspecified atom stereocenters. The second-order valence-electron chi connectivity index (χ2n) is 17.5. The Morgan fingerprint density at radius 3 is 2.08 bits per heavy atom. The van der Waals surface area contributed by atoms with Crippen LogP contribution in [0.4, 0.5) is 0 Å². The largest absolute Gasteiger partial charge is 0.456 e. The van der Waals surface area contributed by atoms with Crippen LogP contribution in [0, 0.1) is 34.0 Å². The number of hydrogen-bond acceptors (Lipinski definition) is 6. The number of fused-ring (bicyclic) bond motifs is 5. The van der Waals surface area contributed by atoms with E-state index in [0.29, 0.717) is 13.0 Å². The van der Waals surface area contributed by atoms with Crippen LogP contribution in [-0.4, -0.2) is 53.0 Å². The molecule has 5 aliphatic rings. The van der Waals surface area contributed by atoms with E-state index in [9.17, 15) is 9.90 Å². The molecule has 11 atom stereocenters. The Balaban J connectivity index is 1.37. The summed E-state index contributed by atoms with van der Waals surface area (Å²) in [7, 11) is 0. The van der Waals surface area contributed by atoms with Crippen molar-refractivity contribution in [2.24, 2.45) is 34.0 Å². The third-order valence-corrected chi connectivity index (χ3v) is 14.0. The summed E-state index contributed by atoms with van der Waals surface area (Å²) in [6, 6.07) is 20.3. The predicted molar refractivity (Wildman–Crippen MR) is 185 cm³/mol.